The minimum Gasteiger partial charge on any atom is -0.494 e. The van der Waals surface area contributed by atoms with Crippen LogP contribution in [0.3, 0.4) is 0 Å². The van der Waals surface area contributed by atoms with Gasteiger partial charge in [0.05, 0.1) is 24.8 Å². The SMILES string of the molecule is CCOc1cccc(-c2nc(C(C)(C)C)c(CC#N)s2)c1. The molecule has 0 aliphatic carbocycles. The van der Waals surface area contributed by atoms with E-state index < -0.39 is 0 Å². The fraction of sp³-hybridized carbons (Fsp3) is 0.412. The molecule has 21 heavy (non-hydrogen) atoms. The van der Waals surface area contributed by atoms with E-state index in [1.807, 2.05) is 31.2 Å². The summed E-state index contributed by atoms with van der Waals surface area (Å²) < 4.78 is 5.54. The topological polar surface area (TPSA) is 45.9 Å². The quantitative estimate of drug-likeness (QED) is 0.830. The Labute approximate surface area is 130 Å². The lowest BCUT2D eigenvalue weighted by Crippen LogP contribution is -2.13. The summed E-state index contributed by atoms with van der Waals surface area (Å²) in [5.41, 5.74) is 2.00. The summed E-state index contributed by atoms with van der Waals surface area (Å²) in [5.74, 6) is 0.851. The van der Waals surface area contributed by atoms with Crippen LogP contribution >= 0.6 is 11.3 Å². The number of hydrogen-bond donors (Lipinski definition) is 0. The van der Waals surface area contributed by atoms with E-state index in [-0.39, 0.29) is 5.41 Å². The number of ether oxygens (including phenoxy) is 1. The third kappa shape index (κ3) is 3.62. The number of hydrogen-bond acceptors (Lipinski definition) is 4. The molecule has 1 aromatic carbocycles. The highest BCUT2D eigenvalue weighted by atomic mass is 32.1. The van der Waals surface area contributed by atoms with Crippen molar-refractivity contribution in [2.24, 2.45) is 0 Å². The van der Waals surface area contributed by atoms with Gasteiger partial charge in [-0.3, -0.25) is 0 Å². The monoisotopic (exact) mass is 300 g/mol. The van der Waals surface area contributed by atoms with Crippen LogP contribution in [0.1, 0.15) is 38.3 Å². The third-order valence-electron chi connectivity index (χ3n) is 3.04. The lowest BCUT2D eigenvalue weighted by atomic mass is 9.91. The van der Waals surface area contributed by atoms with E-state index in [1.54, 1.807) is 11.3 Å². The van der Waals surface area contributed by atoms with Gasteiger partial charge >= 0.3 is 0 Å². The van der Waals surface area contributed by atoms with Crippen molar-refractivity contribution in [3.8, 4) is 22.4 Å². The van der Waals surface area contributed by atoms with Crippen LogP contribution in [0.2, 0.25) is 0 Å². The highest BCUT2D eigenvalue weighted by Crippen LogP contribution is 2.35. The molecule has 0 N–H and O–H groups in total. The predicted octanol–water partition coefficient (Wildman–Crippen LogP) is 4.57. The van der Waals surface area contributed by atoms with Crippen molar-refractivity contribution in [1.82, 2.24) is 4.98 Å². The zero-order valence-electron chi connectivity index (χ0n) is 12.9. The molecular weight excluding hydrogens is 280 g/mol. The number of rotatable bonds is 4. The van der Waals surface area contributed by atoms with Crippen LogP contribution < -0.4 is 4.74 Å². The molecule has 0 bridgehead atoms. The number of nitrogens with zero attached hydrogens (tertiary/aromatic N) is 2. The summed E-state index contributed by atoms with van der Waals surface area (Å²) in [5, 5.41) is 9.96. The van der Waals surface area contributed by atoms with Gasteiger partial charge in [-0.2, -0.15) is 5.26 Å². The van der Waals surface area contributed by atoms with Crippen LogP contribution in [0, 0.1) is 11.3 Å². The number of aromatic nitrogens is 1. The molecule has 0 saturated heterocycles. The first kappa shape index (κ1) is 15.5. The summed E-state index contributed by atoms with van der Waals surface area (Å²) >= 11 is 1.60. The molecule has 2 aromatic rings. The zero-order chi connectivity index (χ0) is 15.5. The third-order valence-corrected chi connectivity index (χ3v) is 4.14. The Bertz CT molecular complexity index is 662. The molecule has 0 aliphatic heterocycles. The second-order valence-corrected chi connectivity index (χ2v) is 6.92. The number of thiazole rings is 1. The van der Waals surface area contributed by atoms with Gasteiger partial charge in [-0.25, -0.2) is 4.98 Å². The van der Waals surface area contributed by atoms with Crippen LogP contribution in [0.4, 0.5) is 0 Å². The van der Waals surface area contributed by atoms with Crippen LogP contribution in [-0.4, -0.2) is 11.6 Å². The van der Waals surface area contributed by atoms with Crippen molar-refractivity contribution in [2.75, 3.05) is 6.61 Å². The fourth-order valence-corrected chi connectivity index (χ4v) is 3.34. The average molecular weight is 300 g/mol. The van der Waals surface area contributed by atoms with Crippen molar-refractivity contribution < 1.29 is 4.74 Å². The summed E-state index contributed by atoms with van der Waals surface area (Å²) in [6, 6.07) is 10.2. The predicted molar refractivity (Wildman–Crippen MR) is 86.7 cm³/mol. The Morgan fingerprint density at radius 3 is 2.71 bits per heavy atom. The van der Waals surface area contributed by atoms with Crippen molar-refractivity contribution in [2.45, 2.75) is 39.5 Å². The first-order valence-corrected chi connectivity index (χ1v) is 7.87. The van der Waals surface area contributed by atoms with Crippen molar-refractivity contribution >= 4 is 11.3 Å². The Hall–Kier alpha value is -1.86. The lowest BCUT2D eigenvalue weighted by molar-refractivity contribution is 0.340. The summed E-state index contributed by atoms with van der Waals surface area (Å²) in [6.07, 6.45) is 0.412. The molecule has 1 heterocycles. The smallest absolute Gasteiger partial charge is 0.124 e. The summed E-state index contributed by atoms with van der Waals surface area (Å²) in [4.78, 5) is 5.84. The Morgan fingerprint density at radius 1 is 1.33 bits per heavy atom. The van der Waals surface area contributed by atoms with Gasteiger partial charge in [0.1, 0.15) is 10.8 Å². The van der Waals surface area contributed by atoms with E-state index in [0.29, 0.717) is 13.0 Å². The Morgan fingerprint density at radius 2 is 2.10 bits per heavy atom. The molecule has 110 valence electrons. The zero-order valence-corrected chi connectivity index (χ0v) is 13.8. The maximum atomic E-state index is 9.01. The maximum Gasteiger partial charge on any atom is 0.124 e. The van der Waals surface area contributed by atoms with E-state index in [0.717, 1.165) is 26.9 Å². The Kier molecular flexibility index (Phi) is 4.64. The largest absolute Gasteiger partial charge is 0.494 e. The van der Waals surface area contributed by atoms with Gasteiger partial charge in [-0.15, -0.1) is 11.3 Å². The molecule has 0 amide bonds. The molecule has 1 aromatic heterocycles. The molecular formula is C17H20N2OS. The van der Waals surface area contributed by atoms with Gasteiger partial charge in [-0.1, -0.05) is 32.9 Å². The standard InChI is InChI=1S/C17H20N2OS/c1-5-20-13-8-6-7-12(11-13)16-19-15(17(2,3)4)14(21-16)9-10-18/h6-8,11H,5,9H2,1-4H3. The van der Waals surface area contributed by atoms with Gasteiger partial charge in [-0.05, 0) is 19.1 Å². The second kappa shape index (κ2) is 6.28. The summed E-state index contributed by atoms with van der Waals surface area (Å²) in [7, 11) is 0. The maximum absolute atomic E-state index is 9.01. The molecule has 0 fully saturated rings. The Balaban J connectivity index is 2.45. The molecule has 4 heteroatoms. The highest BCUT2D eigenvalue weighted by molar-refractivity contribution is 7.15. The molecule has 2 rings (SSSR count). The van der Waals surface area contributed by atoms with Gasteiger partial charge in [0.2, 0.25) is 0 Å². The summed E-state index contributed by atoms with van der Waals surface area (Å²) in [6.45, 7) is 9.00. The second-order valence-electron chi connectivity index (χ2n) is 5.84. The minimum atomic E-state index is -0.0571. The molecule has 0 unspecified atom stereocenters. The van der Waals surface area contributed by atoms with Crippen LogP contribution in [0.25, 0.3) is 10.6 Å². The van der Waals surface area contributed by atoms with E-state index in [1.165, 1.54) is 0 Å². The molecule has 0 aliphatic rings. The van der Waals surface area contributed by atoms with Gasteiger partial charge in [0.15, 0.2) is 0 Å². The first-order valence-electron chi connectivity index (χ1n) is 7.06. The van der Waals surface area contributed by atoms with Crippen LogP contribution in [-0.2, 0) is 11.8 Å². The highest BCUT2D eigenvalue weighted by Gasteiger charge is 2.23. The fourth-order valence-electron chi connectivity index (χ4n) is 2.14. The van der Waals surface area contributed by atoms with Crippen molar-refractivity contribution in [3.05, 3.63) is 34.8 Å². The first-order chi connectivity index (χ1) is 9.95. The van der Waals surface area contributed by atoms with Crippen LogP contribution in [0.5, 0.6) is 5.75 Å². The molecule has 3 nitrogen and oxygen atoms in total. The normalized spacial score (nSPS) is 11.2. The van der Waals surface area contributed by atoms with Crippen LogP contribution in [0.15, 0.2) is 24.3 Å². The number of benzene rings is 1. The number of nitriles is 1. The molecule has 0 atom stereocenters. The van der Waals surface area contributed by atoms with E-state index in [2.05, 4.69) is 26.8 Å². The van der Waals surface area contributed by atoms with Gasteiger partial charge in [0.25, 0.3) is 0 Å². The van der Waals surface area contributed by atoms with Crippen molar-refractivity contribution in [3.63, 3.8) is 0 Å². The van der Waals surface area contributed by atoms with E-state index in [4.69, 9.17) is 15.0 Å². The lowest BCUT2D eigenvalue weighted by Gasteiger charge is -2.16. The molecule has 0 radical (unpaired) electrons. The van der Waals surface area contributed by atoms with E-state index in [9.17, 15) is 0 Å². The van der Waals surface area contributed by atoms with E-state index >= 15 is 0 Å². The van der Waals surface area contributed by atoms with Crippen molar-refractivity contribution in [1.29, 1.82) is 5.26 Å². The van der Waals surface area contributed by atoms with Gasteiger partial charge in [0, 0.05) is 15.9 Å². The minimum absolute atomic E-state index is 0.0571. The van der Waals surface area contributed by atoms with Gasteiger partial charge < -0.3 is 4.74 Å². The average Bonchev–Trinajstić information content (AvgIpc) is 2.84. The molecule has 0 saturated carbocycles. The molecule has 0 spiro atoms.